The molecule has 1 atom stereocenters. The van der Waals surface area contributed by atoms with E-state index in [1.54, 1.807) is 12.1 Å². The molecule has 0 aliphatic carbocycles. The number of piperazine rings is 1. The number of hydrogen-bond acceptors (Lipinski definition) is 4. The van der Waals surface area contributed by atoms with Crippen molar-refractivity contribution < 1.29 is 14.3 Å². The van der Waals surface area contributed by atoms with Gasteiger partial charge in [0, 0.05) is 61.5 Å². The quantitative estimate of drug-likeness (QED) is 0.690. The number of likely N-dealkylation sites (tertiary alicyclic amines) is 1. The van der Waals surface area contributed by atoms with Crippen LogP contribution in [0.1, 0.15) is 40.0 Å². The highest BCUT2D eigenvalue weighted by Gasteiger charge is 2.42. The third-order valence-electron chi connectivity index (χ3n) is 6.33. The minimum atomic E-state index is -0.443. The third kappa shape index (κ3) is 6.36. The number of benzene rings is 1. The third-order valence-corrected chi connectivity index (χ3v) is 6.58. The number of amides is 2. The van der Waals surface area contributed by atoms with Crippen molar-refractivity contribution in [2.24, 2.45) is 10.8 Å². The Balaban J connectivity index is 1.76. The van der Waals surface area contributed by atoms with Gasteiger partial charge in [0.1, 0.15) is 5.75 Å². The lowest BCUT2D eigenvalue weighted by molar-refractivity contribution is -0.147. The molecular weight excluding hydrogens is 414 g/mol. The predicted molar refractivity (Wildman–Crippen MR) is 123 cm³/mol. The first-order valence-electron chi connectivity index (χ1n) is 11.2. The summed E-state index contributed by atoms with van der Waals surface area (Å²) < 4.78 is 6.15. The van der Waals surface area contributed by atoms with Gasteiger partial charge in [0.15, 0.2) is 0 Å². The van der Waals surface area contributed by atoms with Gasteiger partial charge in [-0.15, -0.1) is 0 Å². The van der Waals surface area contributed by atoms with Crippen molar-refractivity contribution in [3.8, 4) is 5.75 Å². The fourth-order valence-electron chi connectivity index (χ4n) is 4.42. The number of piperidine rings is 1. The first kappa shape index (κ1) is 23.9. The Morgan fingerprint density at radius 1 is 1.03 bits per heavy atom. The minimum absolute atomic E-state index is 0.134. The van der Waals surface area contributed by atoms with Crippen molar-refractivity contribution >= 4 is 23.4 Å². The van der Waals surface area contributed by atoms with Crippen LogP contribution >= 0.6 is 11.6 Å². The second-order valence-electron chi connectivity index (χ2n) is 10.2. The molecule has 3 rings (SSSR count). The lowest BCUT2D eigenvalue weighted by Crippen LogP contribution is -2.54. The number of ether oxygens (including phenoxy) is 1. The summed E-state index contributed by atoms with van der Waals surface area (Å²) in [6.45, 7) is 10.9. The number of carbonyl (C=O) groups excluding carboxylic acids is 2. The second-order valence-corrected chi connectivity index (χ2v) is 10.6. The molecule has 0 N–H and O–H groups in total. The topological polar surface area (TPSA) is 53.1 Å². The molecule has 1 aromatic rings. The Kier molecular flexibility index (Phi) is 7.53. The summed E-state index contributed by atoms with van der Waals surface area (Å²) in [6, 6.07) is 7.29. The van der Waals surface area contributed by atoms with E-state index in [0.717, 1.165) is 51.3 Å². The summed E-state index contributed by atoms with van der Waals surface area (Å²) in [6.07, 6.45) is 2.15. The SMILES string of the molecule is CN1CCN(C(=O)CC2(COc3ccc(Cl)cc3)CCCN(C(=O)C(C)(C)C)C2)CC1. The van der Waals surface area contributed by atoms with Crippen LogP contribution in [0, 0.1) is 10.8 Å². The molecule has 2 aliphatic rings. The average molecular weight is 450 g/mol. The molecule has 1 aromatic carbocycles. The van der Waals surface area contributed by atoms with E-state index in [1.807, 2.05) is 42.7 Å². The maximum atomic E-state index is 13.2. The van der Waals surface area contributed by atoms with E-state index in [9.17, 15) is 9.59 Å². The van der Waals surface area contributed by atoms with Gasteiger partial charge in [-0.1, -0.05) is 32.4 Å². The number of likely N-dealkylation sites (N-methyl/N-ethyl adjacent to an activating group) is 1. The highest BCUT2D eigenvalue weighted by Crippen LogP contribution is 2.37. The fraction of sp³-hybridized carbons (Fsp3) is 0.667. The molecule has 172 valence electrons. The van der Waals surface area contributed by atoms with Crippen molar-refractivity contribution in [2.75, 3.05) is 52.9 Å². The molecule has 0 aromatic heterocycles. The number of hydrogen-bond donors (Lipinski definition) is 0. The van der Waals surface area contributed by atoms with Gasteiger partial charge in [-0.3, -0.25) is 9.59 Å². The van der Waals surface area contributed by atoms with Crippen molar-refractivity contribution in [1.82, 2.24) is 14.7 Å². The van der Waals surface area contributed by atoms with Crippen molar-refractivity contribution in [3.05, 3.63) is 29.3 Å². The molecule has 31 heavy (non-hydrogen) atoms. The Hall–Kier alpha value is -1.79. The monoisotopic (exact) mass is 449 g/mol. The van der Waals surface area contributed by atoms with Crippen LogP contribution in [0.25, 0.3) is 0 Å². The van der Waals surface area contributed by atoms with Gasteiger partial charge in [-0.05, 0) is 44.2 Å². The molecule has 0 saturated carbocycles. The fourth-order valence-corrected chi connectivity index (χ4v) is 4.55. The summed E-state index contributed by atoms with van der Waals surface area (Å²) >= 11 is 6.00. The summed E-state index contributed by atoms with van der Waals surface area (Å²) in [5.41, 5.74) is -0.833. The maximum absolute atomic E-state index is 13.2. The van der Waals surface area contributed by atoms with E-state index in [2.05, 4.69) is 11.9 Å². The molecular formula is C24H36ClN3O3. The van der Waals surface area contributed by atoms with Crippen LogP contribution in [-0.4, -0.2) is 79.4 Å². The molecule has 1 unspecified atom stereocenters. The Bertz CT molecular complexity index is 769. The van der Waals surface area contributed by atoms with Gasteiger partial charge in [0.05, 0.1) is 6.61 Å². The Morgan fingerprint density at radius 3 is 2.29 bits per heavy atom. The van der Waals surface area contributed by atoms with E-state index in [-0.39, 0.29) is 17.2 Å². The van der Waals surface area contributed by atoms with E-state index >= 15 is 0 Å². The van der Waals surface area contributed by atoms with Crippen molar-refractivity contribution in [2.45, 2.75) is 40.0 Å². The second kappa shape index (κ2) is 9.78. The number of rotatable bonds is 5. The lowest BCUT2D eigenvalue weighted by Gasteiger charge is -2.45. The molecule has 2 amide bonds. The number of nitrogens with zero attached hydrogens (tertiary/aromatic N) is 3. The summed E-state index contributed by atoms with van der Waals surface area (Å²) in [4.78, 5) is 32.4. The van der Waals surface area contributed by atoms with Crippen LogP contribution in [0.5, 0.6) is 5.75 Å². The number of halogens is 1. The number of carbonyl (C=O) groups is 2. The van der Waals surface area contributed by atoms with E-state index in [1.165, 1.54) is 0 Å². The standard InChI is InChI=1S/C24H36ClN3O3/c1-23(2,3)22(30)28-11-5-10-24(17-28,18-31-20-8-6-19(25)7-9-20)16-21(29)27-14-12-26(4)13-15-27/h6-9H,5,10-18H2,1-4H3. The van der Waals surface area contributed by atoms with Gasteiger partial charge >= 0.3 is 0 Å². The minimum Gasteiger partial charge on any atom is -0.493 e. The van der Waals surface area contributed by atoms with E-state index in [0.29, 0.717) is 24.6 Å². The van der Waals surface area contributed by atoms with Crippen LogP contribution in [-0.2, 0) is 9.59 Å². The first-order chi connectivity index (χ1) is 14.6. The van der Waals surface area contributed by atoms with Gasteiger partial charge in [-0.2, -0.15) is 0 Å². The summed E-state index contributed by atoms with van der Waals surface area (Å²) in [7, 11) is 2.08. The molecule has 2 heterocycles. The lowest BCUT2D eigenvalue weighted by atomic mass is 9.76. The summed E-state index contributed by atoms with van der Waals surface area (Å²) in [5, 5.41) is 0.659. The molecule has 2 saturated heterocycles. The predicted octanol–water partition coefficient (Wildman–Crippen LogP) is 3.54. The highest BCUT2D eigenvalue weighted by atomic mass is 35.5. The molecule has 2 fully saturated rings. The smallest absolute Gasteiger partial charge is 0.227 e. The van der Waals surface area contributed by atoms with Crippen LogP contribution in [0.4, 0.5) is 0 Å². The normalized spacial score (nSPS) is 23.0. The summed E-state index contributed by atoms with van der Waals surface area (Å²) in [5.74, 6) is 1.03. The van der Waals surface area contributed by atoms with Gasteiger partial charge < -0.3 is 19.4 Å². The molecule has 2 aliphatic heterocycles. The zero-order valence-electron chi connectivity index (χ0n) is 19.3. The zero-order chi connectivity index (χ0) is 22.6. The maximum Gasteiger partial charge on any atom is 0.227 e. The molecule has 0 radical (unpaired) electrons. The van der Waals surface area contributed by atoms with Crippen LogP contribution in [0.15, 0.2) is 24.3 Å². The molecule has 0 spiro atoms. The Labute approximate surface area is 191 Å². The van der Waals surface area contributed by atoms with Gasteiger partial charge in [-0.25, -0.2) is 0 Å². The first-order valence-corrected chi connectivity index (χ1v) is 11.6. The van der Waals surface area contributed by atoms with Gasteiger partial charge in [0.2, 0.25) is 11.8 Å². The molecule has 0 bridgehead atoms. The van der Waals surface area contributed by atoms with E-state index < -0.39 is 5.41 Å². The molecule has 7 heteroatoms. The van der Waals surface area contributed by atoms with Crippen molar-refractivity contribution in [3.63, 3.8) is 0 Å². The largest absolute Gasteiger partial charge is 0.493 e. The zero-order valence-corrected chi connectivity index (χ0v) is 20.1. The van der Waals surface area contributed by atoms with E-state index in [4.69, 9.17) is 16.3 Å². The van der Waals surface area contributed by atoms with Gasteiger partial charge in [0.25, 0.3) is 0 Å². The van der Waals surface area contributed by atoms with Crippen LogP contribution < -0.4 is 4.74 Å². The Morgan fingerprint density at radius 2 is 1.68 bits per heavy atom. The van der Waals surface area contributed by atoms with Crippen molar-refractivity contribution in [1.29, 1.82) is 0 Å². The highest BCUT2D eigenvalue weighted by molar-refractivity contribution is 6.30. The average Bonchev–Trinajstić information content (AvgIpc) is 2.73. The molecule has 6 nitrogen and oxygen atoms in total. The van der Waals surface area contributed by atoms with Crippen LogP contribution in [0.2, 0.25) is 5.02 Å². The van der Waals surface area contributed by atoms with Crippen LogP contribution in [0.3, 0.4) is 0 Å².